The molecule has 94 valence electrons. The number of aliphatic hydroxyl groups is 1. The first-order valence-electron chi connectivity index (χ1n) is 5.72. The summed E-state index contributed by atoms with van der Waals surface area (Å²) in [6.45, 7) is 0. The Morgan fingerprint density at radius 1 is 1.18 bits per heavy atom. The van der Waals surface area contributed by atoms with E-state index in [0.29, 0.717) is 0 Å². The maximum atomic E-state index is 10.7. The van der Waals surface area contributed by atoms with E-state index in [2.05, 4.69) is 0 Å². The fourth-order valence-corrected chi connectivity index (χ4v) is 3.32. The number of methoxy groups -OCH3 is 2. The number of ether oxygens (including phenoxy) is 2. The Bertz CT molecular complexity index is 386. The lowest BCUT2D eigenvalue weighted by molar-refractivity contribution is 0.0255. The molecule has 1 saturated heterocycles. The van der Waals surface area contributed by atoms with E-state index in [1.165, 1.54) is 0 Å². The van der Waals surface area contributed by atoms with Gasteiger partial charge >= 0.3 is 0 Å². The monoisotopic (exact) mass is 254 g/mol. The third-order valence-electron chi connectivity index (χ3n) is 3.23. The molecule has 0 aromatic heterocycles. The van der Waals surface area contributed by atoms with Crippen LogP contribution in [0.15, 0.2) is 18.2 Å². The Morgan fingerprint density at radius 3 is 2.47 bits per heavy atom. The molecular weight excluding hydrogens is 236 g/mol. The van der Waals surface area contributed by atoms with Crippen molar-refractivity contribution in [3.05, 3.63) is 23.8 Å². The molecule has 0 unspecified atom stereocenters. The minimum atomic E-state index is -0.773. The van der Waals surface area contributed by atoms with Crippen molar-refractivity contribution in [3.8, 4) is 11.5 Å². The van der Waals surface area contributed by atoms with Gasteiger partial charge in [-0.15, -0.1) is 0 Å². The normalized spacial score (nSPS) is 18.8. The molecule has 3 nitrogen and oxygen atoms in total. The van der Waals surface area contributed by atoms with Gasteiger partial charge in [-0.3, -0.25) is 0 Å². The summed E-state index contributed by atoms with van der Waals surface area (Å²) in [5.41, 5.74) is 0.0742. The van der Waals surface area contributed by atoms with Crippen LogP contribution in [0, 0.1) is 0 Å². The van der Waals surface area contributed by atoms with Crippen molar-refractivity contribution in [3.63, 3.8) is 0 Å². The maximum absolute atomic E-state index is 10.7. The molecule has 17 heavy (non-hydrogen) atoms. The number of rotatable bonds is 3. The highest BCUT2D eigenvalue weighted by molar-refractivity contribution is 7.99. The van der Waals surface area contributed by atoms with Crippen LogP contribution < -0.4 is 9.47 Å². The Hall–Kier alpha value is -0.870. The summed E-state index contributed by atoms with van der Waals surface area (Å²) >= 11 is 1.88. The van der Waals surface area contributed by atoms with Crippen LogP contribution in [0.3, 0.4) is 0 Å². The predicted molar refractivity (Wildman–Crippen MR) is 70.0 cm³/mol. The molecule has 0 amide bonds. The average Bonchev–Trinajstić information content (AvgIpc) is 2.39. The number of hydrogen-bond donors (Lipinski definition) is 1. The topological polar surface area (TPSA) is 38.7 Å². The molecule has 1 aromatic rings. The van der Waals surface area contributed by atoms with Crippen LogP contribution in [0.25, 0.3) is 0 Å². The van der Waals surface area contributed by atoms with Gasteiger partial charge in [0.1, 0.15) is 11.5 Å². The molecule has 0 spiro atoms. The largest absolute Gasteiger partial charge is 0.497 e. The van der Waals surface area contributed by atoms with Crippen molar-refractivity contribution in [2.75, 3.05) is 25.7 Å². The quantitative estimate of drug-likeness (QED) is 0.899. The number of thioether (sulfide) groups is 1. The Kier molecular flexibility index (Phi) is 3.84. The Morgan fingerprint density at radius 2 is 1.88 bits per heavy atom. The van der Waals surface area contributed by atoms with E-state index in [1.54, 1.807) is 14.2 Å². The standard InChI is InChI=1S/C13H18O3S/c1-15-10-3-4-12(16-2)11(9-10)13(14)5-7-17-8-6-13/h3-4,9,14H,5-8H2,1-2H3. The van der Waals surface area contributed by atoms with Gasteiger partial charge in [0.25, 0.3) is 0 Å². The lowest BCUT2D eigenvalue weighted by Gasteiger charge is -2.33. The van der Waals surface area contributed by atoms with Crippen LogP contribution in [-0.2, 0) is 5.60 Å². The van der Waals surface area contributed by atoms with E-state index in [4.69, 9.17) is 9.47 Å². The SMILES string of the molecule is COc1ccc(OC)c(C2(O)CCSCC2)c1. The zero-order chi connectivity index (χ0) is 12.3. The molecule has 1 aliphatic rings. The third kappa shape index (κ3) is 2.53. The molecular formula is C13H18O3S. The van der Waals surface area contributed by atoms with Crippen molar-refractivity contribution in [2.24, 2.45) is 0 Å². The fraction of sp³-hybridized carbons (Fsp3) is 0.538. The van der Waals surface area contributed by atoms with E-state index >= 15 is 0 Å². The number of hydrogen-bond acceptors (Lipinski definition) is 4. The molecule has 1 fully saturated rings. The molecule has 0 bridgehead atoms. The van der Waals surface area contributed by atoms with Crippen LogP contribution in [0.2, 0.25) is 0 Å². The van der Waals surface area contributed by atoms with Crippen LogP contribution in [-0.4, -0.2) is 30.8 Å². The summed E-state index contributed by atoms with van der Waals surface area (Å²) in [6, 6.07) is 5.59. The van der Waals surface area contributed by atoms with Crippen molar-refractivity contribution >= 4 is 11.8 Å². The van der Waals surface area contributed by atoms with Crippen LogP contribution in [0.5, 0.6) is 11.5 Å². The molecule has 0 saturated carbocycles. The molecule has 2 rings (SSSR count). The molecule has 0 atom stereocenters. The van der Waals surface area contributed by atoms with Gasteiger partial charge in [-0.25, -0.2) is 0 Å². The summed E-state index contributed by atoms with van der Waals surface area (Å²) in [4.78, 5) is 0. The van der Waals surface area contributed by atoms with Crippen molar-refractivity contribution in [1.82, 2.24) is 0 Å². The first kappa shape index (κ1) is 12.6. The Labute approximate surface area is 106 Å². The van der Waals surface area contributed by atoms with Gasteiger partial charge < -0.3 is 14.6 Å². The van der Waals surface area contributed by atoms with Crippen molar-refractivity contribution in [2.45, 2.75) is 18.4 Å². The Balaban J connectivity index is 2.40. The van der Waals surface area contributed by atoms with Gasteiger partial charge in [0.2, 0.25) is 0 Å². The van der Waals surface area contributed by atoms with Gasteiger partial charge in [0, 0.05) is 5.56 Å². The van der Waals surface area contributed by atoms with Gasteiger partial charge in [-0.1, -0.05) is 0 Å². The second-order valence-corrected chi connectivity index (χ2v) is 5.43. The van der Waals surface area contributed by atoms with E-state index in [-0.39, 0.29) is 0 Å². The highest BCUT2D eigenvalue weighted by atomic mass is 32.2. The number of benzene rings is 1. The van der Waals surface area contributed by atoms with E-state index in [0.717, 1.165) is 41.4 Å². The first-order valence-corrected chi connectivity index (χ1v) is 6.88. The maximum Gasteiger partial charge on any atom is 0.125 e. The zero-order valence-electron chi connectivity index (χ0n) is 10.2. The fourth-order valence-electron chi connectivity index (χ4n) is 2.16. The molecule has 1 heterocycles. The van der Waals surface area contributed by atoms with E-state index < -0.39 is 5.60 Å². The minimum Gasteiger partial charge on any atom is -0.497 e. The smallest absolute Gasteiger partial charge is 0.125 e. The lowest BCUT2D eigenvalue weighted by Crippen LogP contribution is -2.31. The second-order valence-electron chi connectivity index (χ2n) is 4.21. The molecule has 4 heteroatoms. The van der Waals surface area contributed by atoms with Gasteiger partial charge in [-0.2, -0.15) is 11.8 Å². The molecule has 1 aromatic carbocycles. The highest BCUT2D eigenvalue weighted by Gasteiger charge is 2.34. The summed E-state index contributed by atoms with van der Waals surface area (Å²) in [6.07, 6.45) is 1.53. The first-order chi connectivity index (χ1) is 8.19. The molecule has 0 aliphatic carbocycles. The van der Waals surface area contributed by atoms with Crippen LogP contribution in [0.4, 0.5) is 0 Å². The molecule has 1 N–H and O–H groups in total. The van der Waals surface area contributed by atoms with Gasteiger partial charge in [0.15, 0.2) is 0 Å². The summed E-state index contributed by atoms with van der Waals surface area (Å²) < 4.78 is 10.6. The molecule has 1 aliphatic heterocycles. The van der Waals surface area contributed by atoms with Gasteiger partial charge in [-0.05, 0) is 42.5 Å². The summed E-state index contributed by atoms with van der Waals surface area (Å²) in [5.74, 6) is 3.46. The summed E-state index contributed by atoms with van der Waals surface area (Å²) in [7, 11) is 3.26. The lowest BCUT2D eigenvalue weighted by atomic mass is 9.87. The zero-order valence-corrected chi connectivity index (χ0v) is 11.0. The van der Waals surface area contributed by atoms with Crippen LogP contribution in [0.1, 0.15) is 18.4 Å². The van der Waals surface area contributed by atoms with Crippen LogP contribution >= 0.6 is 11.8 Å². The van der Waals surface area contributed by atoms with Gasteiger partial charge in [0.05, 0.1) is 19.8 Å². The van der Waals surface area contributed by atoms with Crippen molar-refractivity contribution < 1.29 is 14.6 Å². The summed E-state index contributed by atoms with van der Waals surface area (Å²) in [5, 5.41) is 10.7. The second kappa shape index (κ2) is 5.19. The predicted octanol–water partition coefficient (Wildman–Crippen LogP) is 2.42. The highest BCUT2D eigenvalue weighted by Crippen LogP contribution is 2.41. The average molecular weight is 254 g/mol. The van der Waals surface area contributed by atoms with Crippen molar-refractivity contribution in [1.29, 1.82) is 0 Å². The molecule has 0 radical (unpaired) electrons. The minimum absolute atomic E-state index is 0.736. The van der Waals surface area contributed by atoms with E-state index in [9.17, 15) is 5.11 Å². The van der Waals surface area contributed by atoms with E-state index in [1.807, 2.05) is 30.0 Å². The third-order valence-corrected chi connectivity index (χ3v) is 4.21.